The summed E-state index contributed by atoms with van der Waals surface area (Å²) in [7, 11) is -2.57. The molecule has 0 aliphatic rings. The normalized spacial score (nSPS) is 12.5. The number of hydrogen-bond donors (Lipinski definition) is 1. The van der Waals surface area contributed by atoms with Crippen LogP contribution in [-0.4, -0.2) is 63.4 Å². The predicted molar refractivity (Wildman–Crippen MR) is 106 cm³/mol. The number of esters is 2. The Hall–Kier alpha value is -2.46. The number of rotatable bonds is 10. The highest BCUT2D eigenvalue weighted by Crippen LogP contribution is 2.17. The zero-order chi connectivity index (χ0) is 22.2. The van der Waals surface area contributed by atoms with E-state index in [0.29, 0.717) is 13.1 Å². The molecule has 0 fully saturated rings. The van der Waals surface area contributed by atoms with Crippen molar-refractivity contribution in [1.82, 2.24) is 9.62 Å². The summed E-state index contributed by atoms with van der Waals surface area (Å²) < 4.78 is 35.9. The summed E-state index contributed by atoms with van der Waals surface area (Å²) >= 11 is 0. The maximum Gasteiger partial charge on any atom is 0.344 e. The van der Waals surface area contributed by atoms with Crippen LogP contribution in [0.5, 0.6) is 0 Å². The van der Waals surface area contributed by atoms with Crippen molar-refractivity contribution in [3.63, 3.8) is 0 Å². The Kier molecular flexibility index (Phi) is 9.25. The lowest BCUT2D eigenvalue weighted by Crippen LogP contribution is -2.45. The molecule has 0 aliphatic carbocycles. The van der Waals surface area contributed by atoms with Crippen molar-refractivity contribution in [2.75, 3.05) is 26.8 Å². The summed E-state index contributed by atoms with van der Waals surface area (Å²) in [5.41, 5.74) is 0.0876. The summed E-state index contributed by atoms with van der Waals surface area (Å²) in [6.45, 7) is 6.90. The second-order valence-electron chi connectivity index (χ2n) is 6.50. The lowest BCUT2D eigenvalue weighted by Gasteiger charge is -2.21. The Balaban J connectivity index is 3.02. The van der Waals surface area contributed by atoms with Crippen molar-refractivity contribution in [1.29, 1.82) is 0 Å². The zero-order valence-corrected chi connectivity index (χ0v) is 18.1. The fourth-order valence-electron chi connectivity index (χ4n) is 2.51. The van der Waals surface area contributed by atoms with E-state index in [1.807, 2.05) is 0 Å². The molecule has 0 saturated heterocycles. The summed E-state index contributed by atoms with van der Waals surface area (Å²) in [5, 5.41) is 2.54. The first-order valence-corrected chi connectivity index (χ1v) is 10.7. The molecule has 10 heteroatoms. The van der Waals surface area contributed by atoms with Crippen molar-refractivity contribution in [3.8, 4) is 0 Å². The van der Waals surface area contributed by atoms with Gasteiger partial charge >= 0.3 is 11.9 Å². The number of methoxy groups -OCH3 is 1. The molecule has 1 N–H and O–H groups in total. The van der Waals surface area contributed by atoms with E-state index in [1.54, 1.807) is 27.7 Å². The van der Waals surface area contributed by atoms with Crippen LogP contribution in [0, 0.1) is 5.92 Å². The third-order valence-corrected chi connectivity index (χ3v) is 6.25. The molecule has 0 heterocycles. The highest BCUT2D eigenvalue weighted by atomic mass is 32.2. The van der Waals surface area contributed by atoms with Crippen molar-refractivity contribution in [3.05, 3.63) is 29.8 Å². The third kappa shape index (κ3) is 6.53. The van der Waals surface area contributed by atoms with Gasteiger partial charge in [0.15, 0.2) is 6.61 Å². The van der Waals surface area contributed by atoms with Gasteiger partial charge in [0.2, 0.25) is 10.0 Å². The van der Waals surface area contributed by atoms with Gasteiger partial charge in [-0.1, -0.05) is 33.8 Å². The van der Waals surface area contributed by atoms with Gasteiger partial charge in [0.25, 0.3) is 5.91 Å². The summed E-state index contributed by atoms with van der Waals surface area (Å²) in [4.78, 5) is 36.0. The van der Waals surface area contributed by atoms with Gasteiger partial charge in [-0.2, -0.15) is 4.31 Å². The first-order chi connectivity index (χ1) is 13.6. The fraction of sp³-hybridized carbons (Fsp3) is 0.526. The molecule has 1 atom stereocenters. The fourth-order valence-corrected chi connectivity index (χ4v) is 4.02. The monoisotopic (exact) mass is 428 g/mol. The van der Waals surface area contributed by atoms with E-state index in [9.17, 15) is 22.8 Å². The Labute approximate surface area is 171 Å². The SMILES string of the molecule is CCN(CC)S(=O)(=O)c1cccc(C(=O)N[C@H](C(=O)OCC(=O)OC)C(C)C)c1. The molecule has 0 aromatic heterocycles. The van der Waals surface area contributed by atoms with Crippen LogP contribution in [-0.2, 0) is 29.1 Å². The van der Waals surface area contributed by atoms with Crippen LogP contribution < -0.4 is 5.32 Å². The Bertz CT molecular complexity index is 833. The van der Waals surface area contributed by atoms with Gasteiger partial charge in [0.05, 0.1) is 12.0 Å². The first kappa shape index (κ1) is 24.6. The van der Waals surface area contributed by atoms with Crippen molar-refractivity contribution in [2.45, 2.75) is 38.6 Å². The van der Waals surface area contributed by atoms with Crippen LogP contribution in [0.25, 0.3) is 0 Å². The van der Waals surface area contributed by atoms with E-state index >= 15 is 0 Å². The van der Waals surface area contributed by atoms with Gasteiger partial charge in [-0.15, -0.1) is 0 Å². The highest BCUT2D eigenvalue weighted by Gasteiger charge is 2.28. The van der Waals surface area contributed by atoms with E-state index in [-0.39, 0.29) is 16.4 Å². The maximum atomic E-state index is 12.7. The number of carbonyl (C=O) groups is 3. The number of nitrogens with one attached hydrogen (secondary N) is 1. The van der Waals surface area contributed by atoms with Gasteiger partial charge in [0, 0.05) is 18.7 Å². The summed E-state index contributed by atoms with van der Waals surface area (Å²) in [6, 6.07) is 4.57. The standard InChI is InChI=1S/C19H28N2O7S/c1-6-21(7-2)29(25,26)15-10-8-9-14(11-15)18(23)20-17(13(3)4)19(24)28-12-16(22)27-5/h8-11,13,17H,6-7,12H2,1-5H3,(H,20,23)/t17-/m0/s1. The van der Waals surface area contributed by atoms with Crippen LogP contribution in [0.4, 0.5) is 0 Å². The smallest absolute Gasteiger partial charge is 0.344 e. The zero-order valence-electron chi connectivity index (χ0n) is 17.3. The highest BCUT2D eigenvalue weighted by molar-refractivity contribution is 7.89. The molecule has 9 nitrogen and oxygen atoms in total. The third-order valence-electron chi connectivity index (χ3n) is 4.21. The molecular formula is C19H28N2O7S. The molecule has 29 heavy (non-hydrogen) atoms. The summed E-state index contributed by atoms with van der Waals surface area (Å²) in [5.74, 6) is -2.46. The number of amides is 1. The number of nitrogens with zero attached hydrogens (tertiary/aromatic N) is 1. The molecule has 162 valence electrons. The molecule has 0 spiro atoms. The van der Waals surface area contributed by atoms with E-state index in [1.165, 1.54) is 28.6 Å². The summed E-state index contributed by atoms with van der Waals surface area (Å²) in [6.07, 6.45) is 0. The van der Waals surface area contributed by atoms with Crippen LogP contribution in [0.3, 0.4) is 0 Å². The lowest BCUT2D eigenvalue weighted by molar-refractivity contribution is -0.158. The second-order valence-corrected chi connectivity index (χ2v) is 8.43. The number of hydrogen-bond acceptors (Lipinski definition) is 7. The van der Waals surface area contributed by atoms with E-state index in [2.05, 4.69) is 10.1 Å². The molecule has 0 unspecified atom stereocenters. The van der Waals surface area contributed by atoms with Crippen LogP contribution in [0.15, 0.2) is 29.2 Å². The van der Waals surface area contributed by atoms with E-state index in [0.717, 1.165) is 7.11 Å². The van der Waals surface area contributed by atoms with E-state index in [4.69, 9.17) is 4.74 Å². The van der Waals surface area contributed by atoms with Crippen molar-refractivity contribution < 1.29 is 32.3 Å². The van der Waals surface area contributed by atoms with E-state index < -0.39 is 40.5 Å². The Morgan fingerprint density at radius 2 is 1.76 bits per heavy atom. The molecule has 1 rings (SSSR count). The second kappa shape index (κ2) is 10.9. The minimum atomic E-state index is -3.73. The number of ether oxygens (including phenoxy) is 2. The Morgan fingerprint density at radius 1 is 1.14 bits per heavy atom. The van der Waals surface area contributed by atoms with Gasteiger partial charge in [-0.3, -0.25) is 4.79 Å². The Morgan fingerprint density at radius 3 is 2.28 bits per heavy atom. The van der Waals surface area contributed by atoms with Crippen molar-refractivity contribution >= 4 is 27.9 Å². The molecule has 1 aromatic rings. The average molecular weight is 429 g/mol. The number of carbonyl (C=O) groups excluding carboxylic acids is 3. The minimum absolute atomic E-state index is 0.0109. The topological polar surface area (TPSA) is 119 Å². The van der Waals surface area contributed by atoms with Gasteiger partial charge in [0.1, 0.15) is 6.04 Å². The molecule has 0 radical (unpaired) electrons. The molecular weight excluding hydrogens is 400 g/mol. The number of benzene rings is 1. The van der Waals surface area contributed by atoms with Gasteiger partial charge in [-0.05, 0) is 24.1 Å². The largest absolute Gasteiger partial charge is 0.466 e. The molecule has 1 amide bonds. The quantitative estimate of drug-likeness (QED) is 0.556. The predicted octanol–water partition coefficient (Wildman–Crippen LogP) is 1.19. The molecule has 0 saturated carbocycles. The molecule has 1 aromatic carbocycles. The first-order valence-electron chi connectivity index (χ1n) is 9.22. The van der Waals surface area contributed by atoms with Crippen LogP contribution in [0.1, 0.15) is 38.1 Å². The number of sulfonamides is 1. The van der Waals surface area contributed by atoms with Crippen LogP contribution in [0.2, 0.25) is 0 Å². The average Bonchev–Trinajstić information content (AvgIpc) is 2.70. The molecule has 0 aliphatic heterocycles. The van der Waals surface area contributed by atoms with Gasteiger partial charge in [-0.25, -0.2) is 18.0 Å². The minimum Gasteiger partial charge on any atom is -0.466 e. The van der Waals surface area contributed by atoms with Gasteiger partial charge < -0.3 is 14.8 Å². The van der Waals surface area contributed by atoms with Crippen LogP contribution >= 0.6 is 0 Å². The molecule has 0 bridgehead atoms. The maximum absolute atomic E-state index is 12.7. The van der Waals surface area contributed by atoms with Crippen molar-refractivity contribution in [2.24, 2.45) is 5.92 Å². The lowest BCUT2D eigenvalue weighted by atomic mass is 10.0.